The number of nitrogens with zero attached hydrogens (tertiary/aromatic N) is 4. The Morgan fingerprint density at radius 1 is 1.12 bits per heavy atom. The van der Waals surface area contributed by atoms with Crippen molar-refractivity contribution in [3.63, 3.8) is 0 Å². The molecule has 0 saturated carbocycles. The number of amides is 2. The summed E-state index contributed by atoms with van der Waals surface area (Å²) in [5.74, 6) is 0.236. The Morgan fingerprint density at radius 3 is 2.42 bits per heavy atom. The topological polar surface area (TPSA) is 108 Å². The van der Waals surface area contributed by atoms with Gasteiger partial charge in [-0.05, 0) is 30.3 Å². The standard InChI is InChI=1S/C17H19N5O4/c1-18-15(23)14-6-7-19-16(20-14)26-13-4-2-12(3-5-13)21-8-10-22(11-9-21)17(24)25/h2-7H,8-11H2,1H3,(H,18,23)(H,24,25). The van der Waals surface area contributed by atoms with Crippen molar-refractivity contribution >= 4 is 17.7 Å². The number of aromatic nitrogens is 2. The van der Waals surface area contributed by atoms with E-state index in [0.717, 1.165) is 5.69 Å². The first-order valence-corrected chi connectivity index (χ1v) is 8.12. The van der Waals surface area contributed by atoms with Crippen molar-refractivity contribution < 1.29 is 19.4 Å². The van der Waals surface area contributed by atoms with Gasteiger partial charge in [-0.2, -0.15) is 4.98 Å². The first-order chi connectivity index (χ1) is 12.6. The quantitative estimate of drug-likeness (QED) is 0.852. The zero-order valence-electron chi connectivity index (χ0n) is 14.3. The molecular weight excluding hydrogens is 338 g/mol. The summed E-state index contributed by atoms with van der Waals surface area (Å²) in [4.78, 5) is 34.1. The summed E-state index contributed by atoms with van der Waals surface area (Å²) in [6.45, 7) is 2.25. The van der Waals surface area contributed by atoms with Gasteiger partial charge in [0, 0.05) is 45.1 Å². The molecule has 0 atom stereocenters. The third-order valence-electron chi connectivity index (χ3n) is 4.05. The summed E-state index contributed by atoms with van der Waals surface area (Å²) < 4.78 is 5.60. The maximum Gasteiger partial charge on any atom is 0.407 e. The number of hydrogen-bond donors (Lipinski definition) is 2. The molecule has 1 aliphatic heterocycles. The van der Waals surface area contributed by atoms with E-state index < -0.39 is 6.09 Å². The van der Waals surface area contributed by atoms with Crippen molar-refractivity contribution in [3.05, 3.63) is 42.2 Å². The maximum absolute atomic E-state index is 11.6. The average molecular weight is 357 g/mol. The van der Waals surface area contributed by atoms with Gasteiger partial charge in [0.25, 0.3) is 5.91 Å². The Balaban J connectivity index is 1.63. The van der Waals surface area contributed by atoms with E-state index in [0.29, 0.717) is 31.9 Å². The van der Waals surface area contributed by atoms with Gasteiger partial charge in [-0.1, -0.05) is 0 Å². The highest BCUT2D eigenvalue weighted by atomic mass is 16.5. The molecule has 136 valence electrons. The van der Waals surface area contributed by atoms with E-state index in [9.17, 15) is 9.59 Å². The smallest absolute Gasteiger partial charge is 0.407 e. The molecular formula is C17H19N5O4. The molecule has 26 heavy (non-hydrogen) atoms. The molecule has 2 N–H and O–H groups in total. The lowest BCUT2D eigenvalue weighted by Gasteiger charge is -2.34. The van der Waals surface area contributed by atoms with Crippen LogP contribution in [-0.2, 0) is 0 Å². The van der Waals surface area contributed by atoms with Crippen molar-refractivity contribution in [1.29, 1.82) is 0 Å². The zero-order chi connectivity index (χ0) is 18.5. The number of benzene rings is 1. The van der Waals surface area contributed by atoms with E-state index in [4.69, 9.17) is 9.84 Å². The Labute approximate surface area is 150 Å². The highest BCUT2D eigenvalue weighted by molar-refractivity contribution is 5.91. The van der Waals surface area contributed by atoms with Gasteiger partial charge in [0.2, 0.25) is 0 Å². The molecule has 3 rings (SSSR count). The van der Waals surface area contributed by atoms with E-state index in [2.05, 4.69) is 20.2 Å². The minimum atomic E-state index is -0.882. The summed E-state index contributed by atoms with van der Waals surface area (Å²) in [7, 11) is 1.53. The number of piperazine rings is 1. The Kier molecular flexibility index (Phi) is 5.16. The highest BCUT2D eigenvalue weighted by Gasteiger charge is 2.20. The summed E-state index contributed by atoms with van der Waals surface area (Å²) in [6, 6.07) is 8.96. The summed E-state index contributed by atoms with van der Waals surface area (Å²) in [6.07, 6.45) is 0.579. The second-order valence-electron chi connectivity index (χ2n) is 5.66. The fourth-order valence-electron chi connectivity index (χ4n) is 2.63. The number of ether oxygens (including phenoxy) is 1. The average Bonchev–Trinajstić information content (AvgIpc) is 2.68. The molecule has 1 aromatic carbocycles. The molecule has 2 aromatic rings. The van der Waals surface area contributed by atoms with Crippen LogP contribution >= 0.6 is 0 Å². The molecule has 1 fully saturated rings. The van der Waals surface area contributed by atoms with Gasteiger partial charge in [0.05, 0.1) is 0 Å². The van der Waals surface area contributed by atoms with Crippen molar-refractivity contribution in [1.82, 2.24) is 20.2 Å². The molecule has 2 heterocycles. The summed E-state index contributed by atoms with van der Waals surface area (Å²) in [5.41, 5.74) is 1.22. The molecule has 0 unspecified atom stereocenters. The SMILES string of the molecule is CNC(=O)c1ccnc(Oc2ccc(N3CCN(C(=O)O)CC3)cc2)n1. The van der Waals surface area contributed by atoms with Crippen LogP contribution in [0, 0.1) is 0 Å². The fraction of sp³-hybridized carbons (Fsp3) is 0.294. The van der Waals surface area contributed by atoms with E-state index in [1.54, 1.807) is 12.1 Å². The normalized spacial score (nSPS) is 14.0. The first kappa shape index (κ1) is 17.5. The van der Waals surface area contributed by atoms with Crippen LogP contribution in [0.4, 0.5) is 10.5 Å². The fourth-order valence-corrected chi connectivity index (χ4v) is 2.63. The van der Waals surface area contributed by atoms with Gasteiger partial charge in [-0.25, -0.2) is 9.78 Å². The molecule has 1 saturated heterocycles. The Morgan fingerprint density at radius 2 is 1.81 bits per heavy atom. The van der Waals surface area contributed by atoms with Gasteiger partial charge in [-0.3, -0.25) is 4.79 Å². The van der Waals surface area contributed by atoms with E-state index in [1.165, 1.54) is 24.2 Å². The van der Waals surface area contributed by atoms with Crippen molar-refractivity contribution in [2.45, 2.75) is 0 Å². The van der Waals surface area contributed by atoms with Crippen LogP contribution in [-0.4, -0.2) is 65.2 Å². The number of carbonyl (C=O) groups is 2. The van der Waals surface area contributed by atoms with Gasteiger partial charge in [0.1, 0.15) is 11.4 Å². The lowest BCUT2D eigenvalue weighted by atomic mass is 10.2. The zero-order valence-corrected chi connectivity index (χ0v) is 14.3. The monoisotopic (exact) mass is 357 g/mol. The molecule has 9 heteroatoms. The molecule has 1 aromatic heterocycles. The molecule has 9 nitrogen and oxygen atoms in total. The third kappa shape index (κ3) is 4.00. The Bertz CT molecular complexity index is 788. The molecule has 1 aliphatic rings. The Hall–Kier alpha value is -3.36. The maximum atomic E-state index is 11.6. The van der Waals surface area contributed by atoms with Crippen LogP contribution in [0.25, 0.3) is 0 Å². The first-order valence-electron chi connectivity index (χ1n) is 8.12. The van der Waals surface area contributed by atoms with Crippen LogP contribution in [0.2, 0.25) is 0 Å². The number of rotatable bonds is 4. The molecule has 0 radical (unpaired) electrons. The van der Waals surface area contributed by atoms with Crippen LogP contribution < -0.4 is 15.0 Å². The third-order valence-corrected chi connectivity index (χ3v) is 4.05. The second kappa shape index (κ2) is 7.68. The van der Waals surface area contributed by atoms with Crippen LogP contribution in [0.3, 0.4) is 0 Å². The van der Waals surface area contributed by atoms with Gasteiger partial charge in [0.15, 0.2) is 0 Å². The molecule has 0 bridgehead atoms. The largest absolute Gasteiger partial charge is 0.465 e. The molecule has 0 spiro atoms. The summed E-state index contributed by atoms with van der Waals surface area (Å²) in [5, 5.41) is 11.5. The molecule has 0 aliphatic carbocycles. The van der Waals surface area contributed by atoms with Crippen LogP contribution in [0.5, 0.6) is 11.8 Å². The molecule has 2 amide bonds. The van der Waals surface area contributed by atoms with E-state index in [-0.39, 0.29) is 17.6 Å². The number of anilines is 1. The predicted octanol–water partition coefficient (Wildman–Crippen LogP) is 1.43. The van der Waals surface area contributed by atoms with Crippen LogP contribution in [0.15, 0.2) is 36.5 Å². The van der Waals surface area contributed by atoms with E-state index >= 15 is 0 Å². The number of carbonyl (C=O) groups excluding carboxylic acids is 1. The minimum Gasteiger partial charge on any atom is -0.465 e. The lowest BCUT2D eigenvalue weighted by Crippen LogP contribution is -2.48. The second-order valence-corrected chi connectivity index (χ2v) is 5.66. The number of nitrogens with one attached hydrogen (secondary N) is 1. The van der Waals surface area contributed by atoms with Crippen molar-refractivity contribution in [2.75, 3.05) is 38.1 Å². The van der Waals surface area contributed by atoms with Crippen LogP contribution in [0.1, 0.15) is 10.5 Å². The summed E-state index contributed by atoms with van der Waals surface area (Å²) >= 11 is 0. The number of hydrogen-bond acceptors (Lipinski definition) is 6. The van der Waals surface area contributed by atoms with Gasteiger partial charge in [-0.15, -0.1) is 0 Å². The lowest BCUT2D eigenvalue weighted by molar-refractivity contribution is 0.0957. The predicted molar refractivity (Wildman–Crippen MR) is 93.7 cm³/mol. The highest BCUT2D eigenvalue weighted by Crippen LogP contribution is 2.23. The van der Waals surface area contributed by atoms with Crippen molar-refractivity contribution in [2.24, 2.45) is 0 Å². The van der Waals surface area contributed by atoms with E-state index in [1.807, 2.05) is 12.1 Å². The van der Waals surface area contributed by atoms with Gasteiger partial charge >= 0.3 is 12.1 Å². The van der Waals surface area contributed by atoms with Gasteiger partial charge < -0.3 is 25.0 Å². The van der Waals surface area contributed by atoms with Crippen molar-refractivity contribution in [3.8, 4) is 11.8 Å². The minimum absolute atomic E-state index is 0.0916. The number of carboxylic acid groups (broad SMARTS) is 1.